The van der Waals surface area contributed by atoms with Gasteiger partial charge in [0.25, 0.3) is 5.56 Å². The largest absolute Gasteiger partial charge is 0.416 e. The second-order valence-corrected chi connectivity index (χ2v) is 7.19. The Balaban J connectivity index is 1.87. The summed E-state index contributed by atoms with van der Waals surface area (Å²) in [5.74, 6) is -1.61. The van der Waals surface area contributed by atoms with Crippen LogP contribution in [0.15, 0.2) is 34.2 Å². The lowest BCUT2D eigenvalue weighted by molar-refractivity contribution is -0.137. The van der Waals surface area contributed by atoms with Crippen LogP contribution in [0.2, 0.25) is 0 Å². The minimum absolute atomic E-state index is 0.0171. The van der Waals surface area contributed by atoms with Gasteiger partial charge in [-0.3, -0.25) is 14.4 Å². The number of H-pyrrole nitrogens is 1. The number of fused-ring (bicyclic) bond motifs is 1. The maximum atomic E-state index is 12.6. The summed E-state index contributed by atoms with van der Waals surface area (Å²) >= 11 is 1.27. The molecule has 1 atom stereocenters. The molecule has 2 heterocycles. The Morgan fingerprint density at radius 2 is 1.96 bits per heavy atom. The summed E-state index contributed by atoms with van der Waals surface area (Å²) in [5, 5.41) is 5.25. The van der Waals surface area contributed by atoms with Crippen molar-refractivity contribution in [1.82, 2.24) is 9.97 Å². The van der Waals surface area contributed by atoms with Crippen LogP contribution in [-0.4, -0.2) is 27.5 Å². The smallest absolute Gasteiger partial charge is 0.326 e. The summed E-state index contributed by atoms with van der Waals surface area (Å²) in [5.41, 5.74) is -1.26. The van der Waals surface area contributed by atoms with E-state index in [0.29, 0.717) is 10.9 Å². The van der Waals surface area contributed by atoms with Gasteiger partial charge in [0.2, 0.25) is 11.8 Å². The van der Waals surface area contributed by atoms with E-state index in [1.54, 1.807) is 0 Å². The molecule has 7 nitrogen and oxygen atoms in total. The van der Waals surface area contributed by atoms with Crippen molar-refractivity contribution < 1.29 is 22.8 Å². The molecule has 0 bridgehead atoms. The van der Waals surface area contributed by atoms with Crippen LogP contribution in [0.3, 0.4) is 0 Å². The zero-order chi connectivity index (χ0) is 20.5. The Hall–Kier alpha value is -2.82. The van der Waals surface area contributed by atoms with E-state index in [9.17, 15) is 27.6 Å². The summed E-state index contributed by atoms with van der Waals surface area (Å²) in [7, 11) is 0. The fourth-order valence-corrected chi connectivity index (χ4v) is 3.35. The number of carbonyl (C=O) groups excluding carboxylic acids is 2. The van der Waals surface area contributed by atoms with Crippen LogP contribution in [-0.2, 0) is 15.8 Å². The quantitative estimate of drug-likeness (QED) is 0.529. The van der Waals surface area contributed by atoms with Crippen LogP contribution in [0.5, 0.6) is 0 Å². The van der Waals surface area contributed by atoms with E-state index in [1.807, 2.05) is 6.92 Å². The third kappa shape index (κ3) is 4.19. The van der Waals surface area contributed by atoms with E-state index < -0.39 is 35.0 Å². The normalized spacial score (nSPS) is 16.3. The highest BCUT2D eigenvalue weighted by molar-refractivity contribution is 7.99. The average molecular weight is 412 g/mol. The standard InChI is InChI=1S/C17H15F3N4O3S/c1-2-28-16-23-13-12(15(27)24-16)10(7-11(25)22-13)14(26)21-9-5-3-8(4-6-9)17(18,19)20/h3-6,10H,2,7H2,1H3,(H,21,26)(H2,22,23,24,25,27). The Morgan fingerprint density at radius 1 is 1.29 bits per heavy atom. The van der Waals surface area contributed by atoms with E-state index in [4.69, 9.17) is 0 Å². The van der Waals surface area contributed by atoms with E-state index in [0.717, 1.165) is 24.3 Å². The summed E-state index contributed by atoms with van der Waals surface area (Å²) in [6, 6.07) is 3.88. The second kappa shape index (κ2) is 7.66. The molecule has 1 aliphatic rings. The minimum Gasteiger partial charge on any atom is -0.326 e. The minimum atomic E-state index is -4.49. The summed E-state index contributed by atoms with van der Waals surface area (Å²) < 4.78 is 37.9. The number of anilines is 2. The zero-order valence-corrected chi connectivity index (χ0v) is 15.3. The molecule has 0 spiro atoms. The van der Waals surface area contributed by atoms with Crippen LogP contribution >= 0.6 is 11.8 Å². The molecular weight excluding hydrogens is 397 g/mol. The highest BCUT2D eigenvalue weighted by Gasteiger charge is 2.35. The highest BCUT2D eigenvalue weighted by atomic mass is 32.2. The fraction of sp³-hybridized carbons (Fsp3) is 0.294. The van der Waals surface area contributed by atoms with E-state index in [-0.39, 0.29) is 23.5 Å². The topological polar surface area (TPSA) is 104 Å². The highest BCUT2D eigenvalue weighted by Crippen LogP contribution is 2.32. The third-order valence-electron chi connectivity index (χ3n) is 4.01. The molecule has 28 heavy (non-hydrogen) atoms. The molecule has 1 aromatic carbocycles. The van der Waals surface area contributed by atoms with Crippen molar-refractivity contribution >= 4 is 35.1 Å². The Labute approximate surface area is 161 Å². The molecule has 2 aromatic rings. The van der Waals surface area contributed by atoms with Crippen LogP contribution in [0.1, 0.15) is 30.4 Å². The number of hydrogen-bond donors (Lipinski definition) is 3. The van der Waals surface area contributed by atoms with Crippen molar-refractivity contribution in [2.75, 3.05) is 16.4 Å². The summed E-state index contributed by atoms with van der Waals surface area (Å²) in [4.78, 5) is 43.7. The number of alkyl halides is 3. The molecule has 1 unspecified atom stereocenters. The number of nitrogens with one attached hydrogen (secondary N) is 3. The van der Waals surface area contributed by atoms with Gasteiger partial charge in [0.15, 0.2) is 5.16 Å². The van der Waals surface area contributed by atoms with Gasteiger partial charge in [-0.25, -0.2) is 4.98 Å². The van der Waals surface area contributed by atoms with E-state index in [1.165, 1.54) is 11.8 Å². The van der Waals surface area contributed by atoms with Crippen molar-refractivity contribution in [3.8, 4) is 0 Å². The predicted molar refractivity (Wildman–Crippen MR) is 97.3 cm³/mol. The molecule has 1 aromatic heterocycles. The van der Waals surface area contributed by atoms with Gasteiger partial charge in [0, 0.05) is 12.1 Å². The monoisotopic (exact) mass is 412 g/mol. The molecule has 0 fully saturated rings. The van der Waals surface area contributed by atoms with Crippen LogP contribution in [0.25, 0.3) is 0 Å². The molecule has 3 rings (SSSR count). The van der Waals surface area contributed by atoms with Gasteiger partial charge < -0.3 is 15.6 Å². The lowest BCUT2D eigenvalue weighted by atomic mass is 9.92. The Morgan fingerprint density at radius 3 is 2.57 bits per heavy atom. The van der Waals surface area contributed by atoms with Gasteiger partial charge in [-0.15, -0.1) is 0 Å². The van der Waals surface area contributed by atoms with Crippen molar-refractivity contribution in [2.45, 2.75) is 30.6 Å². The molecular formula is C17H15F3N4O3S. The predicted octanol–water partition coefficient (Wildman–Crippen LogP) is 2.97. The maximum Gasteiger partial charge on any atom is 0.416 e. The van der Waals surface area contributed by atoms with E-state index >= 15 is 0 Å². The number of halogens is 3. The maximum absolute atomic E-state index is 12.6. The number of aromatic amines is 1. The van der Waals surface area contributed by atoms with Crippen LogP contribution < -0.4 is 16.2 Å². The SMILES string of the molecule is CCSc1nc2c(c(=O)[nH]1)C(C(=O)Nc1ccc(C(F)(F)F)cc1)CC(=O)N2. The fourth-order valence-electron chi connectivity index (χ4n) is 2.75. The van der Waals surface area contributed by atoms with Crippen LogP contribution in [0.4, 0.5) is 24.7 Å². The molecule has 11 heteroatoms. The van der Waals surface area contributed by atoms with E-state index in [2.05, 4.69) is 20.6 Å². The van der Waals surface area contributed by atoms with Crippen molar-refractivity contribution in [2.24, 2.45) is 0 Å². The molecule has 0 aliphatic carbocycles. The van der Waals surface area contributed by atoms with Crippen molar-refractivity contribution in [3.63, 3.8) is 0 Å². The molecule has 0 radical (unpaired) electrons. The van der Waals surface area contributed by atoms with Gasteiger partial charge in [-0.1, -0.05) is 18.7 Å². The lowest BCUT2D eigenvalue weighted by Crippen LogP contribution is -2.36. The van der Waals surface area contributed by atoms with Gasteiger partial charge in [-0.2, -0.15) is 13.2 Å². The number of amides is 2. The number of benzene rings is 1. The average Bonchev–Trinajstić information content (AvgIpc) is 2.60. The van der Waals surface area contributed by atoms with Gasteiger partial charge in [0.1, 0.15) is 5.82 Å². The molecule has 0 saturated heterocycles. The first-order valence-electron chi connectivity index (χ1n) is 8.24. The molecule has 1 aliphatic heterocycles. The van der Waals surface area contributed by atoms with Gasteiger partial charge in [0.05, 0.1) is 17.0 Å². The number of rotatable bonds is 4. The molecule has 3 N–H and O–H groups in total. The lowest BCUT2D eigenvalue weighted by Gasteiger charge is -2.23. The Kier molecular flexibility index (Phi) is 5.45. The van der Waals surface area contributed by atoms with Gasteiger partial charge >= 0.3 is 6.18 Å². The van der Waals surface area contributed by atoms with Crippen LogP contribution in [0, 0.1) is 0 Å². The first kappa shape index (κ1) is 19.9. The molecule has 148 valence electrons. The first-order valence-corrected chi connectivity index (χ1v) is 9.22. The summed E-state index contributed by atoms with van der Waals surface area (Å²) in [6.07, 6.45) is -4.76. The summed E-state index contributed by atoms with van der Waals surface area (Å²) in [6.45, 7) is 1.86. The van der Waals surface area contributed by atoms with Gasteiger partial charge in [-0.05, 0) is 30.0 Å². The van der Waals surface area contributed by atoms with Crippen molar-refractivity contribution in [3.05, 3.63) is 45.7 Å². The number of hydrogen-bond acceptors (Lipinski definition) is 5. The number of aromatic nitrogens is 2. The molecule has 2 amide bonds. The Bertz CT molecular complexity index is 973. The molecule has 0 saturated carbocycles. The zero-order valence-electron chi connectivity index (χ0n) is 14.5. The number of nitrogens with zero attached hydrogens (tertiary/aromatic N) is 1. The van der Waals surface area contributed by atoms with Crippen molar-refractivity contribution in [1.29, 1.82) is 0 Å². The second-order valence-electron chi connectivity index (χ2n) is 5.94. The number of carbonyl (C=O) groups is 2. The third-order valence-corrected chi connectivity index (χ3v) is 4.76. The number of thioether (sulfide) groups is 1. The first-order chi connectivity index (χ1) is 13.2.